The van der Waals surface area contributed by atoms with Gasteiger partial charge in [0.25, 0.3) is 5.91 Å². The molecule has 1 aliphatic heterocycles. The van der Waals surface area contributed by atoms with Crippen molar-refractivity contribution in [2.24, 2.45) is 5.10 Å². The lowest BCUT2D eigenvalue weighted by atomic mass is 10.2. The standard InChI is InChI=1S/C21H25ClN4O/c1-17-5-4-6-18(13-17)14-23-24-21(27)16-26-11-9-25(10-12-26)15-19-7-2-3-8-20(19)22/h2-8,13-14H,9-12,15-16H2,1H3,(H,24,27)/p+2. The van der Waals surface area contributed by atoms with E-state index in [0.29, 0.717) is 6.54 Å². The van der Waals surface area contributed by atoms with Gasteiger partial charge < -0.3 is 9.80 Å². The van der Waals surface area contributed by atoms with Crippen molar-refractivity contribution in [2.75, 3.05) is 32.7 Å². The van der Waals surface area contributed by atoms with Crippen LogP contribution in [0.25, 0.3) is 0 Å². The predicted octanol–water partition coefficient (Wildman–Crippen LogP) is 0.0821. The van der Waals surface area contributed by atoms with E-state index >= 15 is 0 Å². The van der Waals surface area contributed by atoms with Gasteiger partial charge in [-0.1, -0.05) is 59.6 Å². The molecule has 2 aromatic carbocycles. The van der Waals surface area contributed by atoms with E-state index in [4.69, 9.17) is 11.6 Å². The van der Waals surface area contributed by atoms with E-state index in [2.05, 4.69) is 16.6 Å². The van der Waals surface area contributed by atoms with Crippen LogP contribution in [0.5, 0.6) is 0 Å². The molecule has 0 aromatic heterocycles. The number of hydrogen-bond acceptors (Lipinski definition) is 2. The molecule has 0 unspecified atom stereocenters. The molecule has 1 amide bonds. The van der Waals surface area contributed by atoms with Crippen LogP contribution in [0.4, 0.5) is 0 Å². The number of aryl methyl sites for hydroxylation is 1. The maximum absolute atomic E-state index is 12.1. The first-order valence-corrected chi connectivity index (χ1v) is 9.77. The average molecular weight is 387 g/mol. The van der Waals surface area contributed by atoms with Gasteiger partial charge in [0.1, 0.15) is 32.7 Å². The fourth-order valence-corrected chi connectivity index (χ4v) is 3.62. The molecule has 0 radical (unpaired) electrons. The topological polar surface area (TPSA) is 50.3 Å². The van der Waals surface area contributed by atoms with Crippen molar-refractivity contribution in [3.8, 4) is 0 Å². The molecule has 3 rings (SSSR count). The molecule has 0 atom stereocenters. The van der Waals surface area contributed by atoms with Crippen LogP contribution >= 0.6 is 11.6 Å². The monoisotopic (exact) mass is 386 g/mol. The van der Waals surface area contributed by atoms with Crippen LogP contribution in [-0.2, 0) is 11.3 Å². The number of carbonyl (C=O) groups is 1. The molecule has 0 bridgehead atoms. The van der Waals surface area contributed by atoms with Crippen molar-refractivity contribution in [3.05, 3.63) is 70.2 Å². The van der Waals surface area contributed by atoms with Gasteiger partial charge in [0.2, 0.25) is 0 Å². The quantitative estimate of drug-likeness (QED) is 0.478. The third-order valence-electron chi connectivity index (χ3n) is 4.92. The third-order valence-corrected chi connectivity index (χ3v) is 5.29. The van der Waals surface area contributed by atoms with Gasteiger partial charge in [-0.25, -0.2) is 5.43 Å². The number of nitrogens with zero attached hydrogens (tertiary/aromatic N) is 1. The Hall–Kier alpha value is -2.21. The minimum atomic E-state index is -0.0385. The number of nitrogens with one attached hydrogen (secondary N) is 3. The highest BCUT2D eigenvalue weighted by Gasteiger charge is 2.25. The van der Waals surface area contributed by atoms with Crippen molar-refractivity contribution in [1.29, 1.82) is 0 Å². The lowest BCUT2D eigenvalue weighted by Gasteiger charge is -2.29. The van der Waals surface area contributed by atoms with Gasteiger partial charge in [0.05, 0.1) is 6.21 Å². The van der Waals surface area contributed by atoms with Gasteiger partial charge in [-0.2, -0.15) is 5.10 Å². The molecule has 1 heterocycles. The van der Waals surface area contributed by atoms with Crippen LogP contribution in [0.15, 0.2) is 53.6 Å². The van der Waals surface area contributed by atoms with E-state index in [1.54, 1.807) is 6.21 Å². The summed E-state index contributed by atoms with van der Waals surface area (Å²) in [6, 6.07) is 16.0. The molecule has 27 heavy (non-hydrogen) atoms. The van der Waals surface area contributed by atoms with E-state index in [1.807, 2.05) is 49.4 Å². The molecular formula is C21H27ClN4O+2. The Morgan fingerprint density at radius 1 is 1.11 bits per heavy atom. The van der Waals surface area contributed by atoms with Crippen LogP contribution in [0.2, 0.25) is 5.02 Å². The molecule has 2 aromatic rings. The zero-order chi connectivity index (χ0) is 19.1. The number of carbonyl (C=O) groups excluding carboxylic acids is 1. The van der Waals surface area contributed by atoms with Crippen molar-refractivity contribution in [3.63, 3.8) is 0 Å². The summed E-state index contributed by atoms with van der Waals surface area (Å²) in [5.74, 6) is -0.0385. The normalized spacial score (nSPS) is 19.9. The molecule has 5 nitrogen and oxygen atoms in total. The summed E-state index contributed by atoms with van der Waals surface area (Å²) < 4.78 is 0. The summed E-state index contributed by atoms with van der Waals surface area (Å²) in [5.41, 5.74) is 6.00. The van der Waals surface area contributed by atoms with Crippen LogP contribution in [0, 0.1) is 6.92 Å². The van der Waals surface area contributed by atoms with Crippen LogP contribution in [0.1, 0.15) is 16.7 Å². The van der Waals surface area contributed by atoms with Crippen molar-refractivity contribution < 1.29 is 14.6 Å². The molecule has 6 heteroatoms. The summed E-state index contributed by atoms with van der Waals surface area (Å²) in [7, 11) is 0. The summed E-state index contributed by atoms with van der Waals surface area (Å²) in [6.07, 6.45) is 1.69. The van der Waals surface area contributed by atoms with Gasteiger partial charge >= 0.3 is 0 Å². The second-order valence-corrected chi connectivity index (χ2v) is 7.56. The van der Waals surface area contributed by atoms with E-state index in [-0.39, 0.29) is 5.91 Å². The minimum absolute atomic E-state index is 0.0385. The van der Waals surface area contributed by atoms with Crippen LogP contribution < -0.4 is 15.2 Å². The Bertz CT molecular complexity index is 800. The molecule has 1 aliphatic rings. The van der Waals surface area contributed by atoms with E-state index < -0.39 is 0 Å². The molecular weight excluding hydrogens is 360 g/mol. The summed E-state index contributed by atoms with van der Waals surface area (Å²) in [5, 5.41) is 4.91. The van der Waals surface area contributed by atoms with Gasteiger partial charge in [0, 0.05) is 10.6 Å². The van der Waals surface area contributed by atoms with Gasteiger partial charge in [-0.15, -0.1) is 0 Å². The smallest absolute Gasteiger partial charge is 0.295 e. The number of hydrazone groups is 1. The zero-order valence-electron chi connectivity index (χ0n) is 15.7. The highest BCUT2D eigenvalue weighted by atomic mass is 35.5. The lowest BCUT2D eigenvalue weighted by molar-refractivity contribution is -1.02. The maximum Gasteiger partial charge on any atom is 0.295 e. The van der Waals surface area contributed by atoms with Gasteiger partial charge in [0.15, 0.2) is 6.54 Å². The van der Waals surface area contributed by atoms with E-state index in [1.165, 1.54) is 20.9 Å². The maximum atomic E-state index is 12.1. The second kappa shape index (κ2) is 9.65. The number of quaternary nitrogens is 2. The Kier molecular flexibility index (Phi) is 6.98. The predicted molar refractivity (Wildman–Crippen MR) is 108 cm³/mol. The highest BCUT2D eigenvalue weighted by Crippen LogP contribution is 2.13. The van der Waals surface area contributed by atoms with Crippen LogP contribution in [-0.4, -0.2) is 44.8 Å². The molecule has 3 N–H and O–H groups in total. The zero-order valence-corrected chi connectivity index (χ0v) is 16.4. The van der Waals surface area contributed by atoms with E-state index in [9.17, 15) is 4.79 Å². The highest BCUT2D eigenvalue weighted by molar-refractivity contribution is 6.31. The molecule has 142 valence electrons. The number of hydrogen-bond donors (Lipinski definition) is 3. The SMILES string of the molecule is Cc1cccc(C=NNC(=O)C[NH+]2CC[NH+](Cc3ccccc3Cl)CC2)c1. The number of piperazine rings is 1. The first-order chi connectivity index (χ1) is 13.1. The number of halogens is 1. The van der Waals surface area contributed by atoms with E-state index in [0.717, 1.165) is 43.3 Å². The number of amides is 1. The van der Waals surface area contributed by atoms with Crippen molar-refractivity contribution in [2.45, 2.75) is 13.5 Å². The largest absolute Gasteiger partial charge is 0.322 e. The summed E-state index contributed by atoms with van der Waals surface area (Å²) in [6.45, 7) is 7.49. The summed E-state index contributed by atoms with van der Waals surface area (Å²) in [4.78, 5) is 14.9. The first-order valence-electron chi connectivity index (χ1n) is 9.39. The Labute approximate surface area is 165 Å². The molecule has 1 fully saturated rings. The Morgan fingerprint density at radius 2 is 1.85 bits per heavy atom. The lowest BCUT2D eigenvalue weighted by Crippen LogP contribution is -3.28. The average Bonchev–Trinajstić information content (AvgIpc) is 2.65. The second-order valence-electron chi connectivity index (χ2n) is 7.15. The fourth-order valence-electron chi connectivity index (χ4n) is 3.42. The Morgan fingerprint density at radius 3 is 2.59 bits per heavy atom. The number of benzene rings is 2. The first kappa shape index (κ1) is 19.5. The third kappa shape index (κ3) is 6.17. The molecule has 1 saturated heterocycles. The fraction of sp³-hybridized carbons (Fsp3) is 0.333. The molecule has 0 saturated carbocycles. The minimum Gasteiger partial charge on any atom is -0.322 e. The Balaban J connectivity index is 1.39. The van der Waals surface area contributed by atoms with Gasteiger partial charge in [-0.3, -0.25) is 4.79 Å². The van der Waals surface area contributed by atoms with Crippen molar-refractivity contribution in [1.82, 2.24) is 5.43 Å². The molecule has 0 aliphatic carbocycles. The van der Waals surface area contributed by atoms with Crippen molar-refractivity contribution >= 4 is 23.7 Å². The summed E-state index contributed by atoms with van der Waals surface area (Å²) >= 11 is 6.26. The molecule has 0 spiro atoms. The van der Waals surface area contributed by atoms with Crippen LogP contribution in [0.3, 0.4) is 0 Å². The number of rotatable bonds is 6. The van der Waals surface area contributed by atoms with Gasteiger partial charge in [-0.05, 0) is 18.6 Å².